The number of hydrogen-bond acceptors (Lipinski definition) is 7. The van der Waals surface area contributed by atoms with Gasteiger partial charge in [0.25, 0.3) is 0 Å². The van der Waals surface area contributed by atoms with Crippen LogP contribution in [0.4, 0.5) is 17.5 Å². The number of aromatic nitrogens is 2. The van der Waals surface area contributed by atoms with Crippen LogP contribution >= 0.6 is 0 Å². The summed E-state index contributed by atoms with van der Waals surface area (Å²) in [5.74, 6) is 2.94. The van der Waals surface area contributed by atoms with Gasteiger partial charge in [-0.25, -0.2) is 4.98 Å². The summed E-state index contributed by atoms with van der Waals surface area (Å²) < 4.78 is 11.0. The molecule has 26 heavy (non-hydrogen) atoms. The summed E-state index contributed by atoms with van der Waals surface area (Å²) in [4.78, 5) is 10.8. The molecule has 3 aromatic rings. The summed E-state index contributed by atoms with van der Waals surface area (Å²) in [5.41, 5.74) is 0.896. The van der Waals surface area contributed by atoms with Gasteiger partial charge in [-0.2, -0.15) is 4.98 Å². The maximum absolute atomic E-state index is 5.69. The van der Waals surface area contributed by atoms with Gasteiger partial charge in [-0.15, -0.1) is 0 Å². The lowest BCUT2D eigenvalue weighted by atomic mass is 10.3. The maximum Gasteiger partial charge on any atom is 0.229 e. The van der Waals surface area contributed by atoms with Crippen LogP contribution in [0.3, 0.4) is 0 Å². The molecule has 3 rings (SSSR count). The van der Waals surface area contributed by atoms with E-state index in [1.54, 1.807) is 12.5 Å². The molecule has 0 atom stereocenters. The Balaban J connectivity index is 1.54. The van der Waals surface area contributed by atoms with Gasteiger partial charge in [-0.3, -0.25) is 0 Å². The zero-order chi connectivity index (χ0) is 18.2. The van der Waals surface area contributed by atoms with Crippen LogP contribution in [-0.2, 0) is 6.54 Å². The Kier molecular flexibility index (Phi) is 6.05. The van der Waals surface area contributed by atoms with Crippen LogP contribution < -0.4 is 15.4 Å². The number of furan rings is 1. The average Bonchev–Trinajstić information content (AvgIpc) is 3.15. The first-order chi connectivity index (χ1) is 12.7. The molecule has 0 spiro atoms. The first-order valence-electron chi connectivity index (χ1n) is 8.43. The van der Waals surface area contributed by atoms with Crippen LogP contribution in [0.15, 0.2) is 59.3 Å². The van der Waals surface area contributed by atoms with Gasteiger partial charge in [0.15, 0.2) is 0 Å². The van der Waals surface area contributed by atoms with Gasteiger partial charge in [0, 0.05) is 18.4 Å². The number of ether oxygens (including phenoxy) is 1. The Morgan fingerprint density at radius 3 is 2.69 bits per heavy atom. The molecule has 0 unspecified atom stereocenters. The standard InChI is InChI=1S/C19H23N5O2/c1-24(2)11-13-26-16-7-5-15(6-8-16)22-19-20-10-9-18(23-19)21-14-17-4-3-12-25-17/h3-10,12H,11,13-14H2,1-2H3,(H2,20,21,22,23). The topological polar surface area (TPSA) is 75.5 Å². The highest BCUT2D eigenvalue weighted by Gasteiger charge is 2.02. The van der Waals surface area contributed by atoms with Crippen LogP contribution in [0, 0.1) is 0 Å². The van der Waals surface area contributed by atoms with E-state index in [-0.39, 0.29) is 0 Å². The van der Waals surface area contributed by atoms with Crippen LogP contribution in [0.1, 0.15) is 5.76 Å². The lowest BCUT2D eigenvalue weighted by Gasteiger charge is -2.11. The summed E-state index contributed by atoms with van der Waals surface area (Å²) in [6.45, 7) is 2.11. The van der Waals surface area contributed by atoms with E-state index in [9.17, 15) is 0 Å². The van der Waals surface area contributed by atoms with E-state index in [4.69, 9.17) is 9.15 Å². The van der Waals surface area contributed by atoms with Crippen molar-refractivity contribution in [3.63, 3.8) is 0 Å². The van der Waals surface area contributed by atoms with Gasteiger partial charge in [0.05, 0.1) is 12.8 Å². The zero-order valence-corrected chi connectivity index (χ0v) is 15.0. The van der Waals surface area contributed by atoms with Crippen LogP contribution in [0.25, 0.3) is 0 Å². The quantitative estimate of drug-likeness (QED) is 0.611. The Hall–Kier alpha value is -3.06. The van der Waals surface area contributed by atoms with E-state index in [0.717, 1.165) is 29.6 Å². The number of nitrogens with zero attached hydrogens (tertiary/aromatic N) is 3. The maximum atomic E-state index is 5.69. The van der Waals surface area contributed by atoms with E-state index in [0.29, 0.717) is 19.1 Å². The molecule has 0 saturated heterocycles. The van der Waals surface area contributed by atoms with Crippen molar-refractivity contribution in [2.75, 3.05) is 37.9 Å². The molecule has 0 aliphatic heterocycles. The van der Waals surface area contributed by atoms with E-state index in [2.05, 4.69) is 25.5 Å². The molecule has 7 nitrogen and oxygen atoms in total. The zero-order valence-electron chi connectivity index (χ0n) is 15.0. The van der Waals surface area contributed by atoms with Crippen molar-refractivity contribution >= 4 is 17.5 Å². The number of likely N-dealkylation sites (N-methyl/N-ethyl adjacent to an activating group) is 1. The number of anilines is 3. The van der Waals surface area contributed by atoms with E-state index in [1.807, 2.05) is 56.6 Å². The van der Waals surface area contributed by atoms with Gasteiger partial charge in [-0.1, -0.05) is 0 Å². The molecule has 0 aliphatic rings. The lowest BCUT2D eigenvalue weighted by Crippen LogP contribution is -2.19. The van der Waals surface area contributed by atoms with Crippen LogP contribution in [-0.4, -0.2) is 42.1 Å². The molecule has 0 radical (unpaired) electrons. The van der Waals surface area contributed by atoms with Crippen LogP contribution in [0.5, 0.6) is 5.75 Å². The highest BCUT2D eigenvalue weighted by Crippen LogP contribution is 2.19. The monoisotopic (exact) mass is 353 g/mol. The Labute approximate surface area is 153 Å². The van der Waals surface area contributed by atoms with Crippen molar-refractivity contribution in [3.05, 3.63) is 60.7 Å². The van der Waals surface area contributed by atoms with E-state index in [1.165, 1.54) is 0 Å². The third kappa shape index (κ3) is 5.49. The Morgan fingerprint density at radius 1 is 1.12 bits per heavy atom. The van der Waals surface area contributed by atoms with Crippen molar-refractivity contribution in [1.82, 2.24) is 14.9 Å². The Morgan fingerprint density at radius 2 is 1.96 bits per heavy atom. The summed E-state index contributed by atoms with van der Waals surface area (Å²) >= 11 is 0. The minimum absolute atomic E-state index is 0.524. The van der Waals surface area contributed by atoms with Crippen molar-refractivity contribution in [2.45, 2.75) is 6.54 Å². The third-order valence-corrected chi connectivity index (χ3v) is 3.60. The third-order valence-electron chi connectivity index (χ3n) is 3.60. The summed E-state index contributed by atoms with van der Waals surface area (Å²) in [7, 11) is 4.04. The highest BCUT2D eigenvalue weighted by molar-refractivity contribution is 5.55. The van der Waals surface area contributed by atoms with Crippen molar-refractivity contribution in [1.29, 1.82) is 0 Å². The molecule has 136 valence electrons. The molecule has 0 amide bonds. The fourth-order valence-electron chi connectivity index (χ4n) is 2.22. The number of benzene rings is 1. The predicted molar refractivity (Wildman–Crippen MR) is 102 cm³/mol. The second-order valence-electron chi connectivity index (χ2n) is 6.00. The number of nitrogens with one attached hydrogen (secondary N) is 2. The van der Waals surface area contributed by atoms with Crippen molar-refractivity contribution < 1.29 is 9.15 Å². The van der Waals surface area contributed by atoms with Gasteiger partial charge in [0.1, 0.15) is 23.9 Å². The Bertz CT molecular complexity index is 788. The molecule has 2 N–H and O–H groups in total. The molecular weight excluding hydrogens is 330 g/mol. The van der Waals surface area contributed by atoms with Crippen molar-refractivity contribution in [2.24, 2.45) is 0 Å². The fourth-order valence-corrected chi connectivity index (χ4v) is 2.22. The first kappa shape index (κ1) is 17.8. The predicted octanol–water partition coefficient (Wildman–Crippen LogP) is 3.37. The highest BCUT2D eigenvalue weighted by atomic mass is 16.5. The lowest BCUT2D eigenvalue weighted by molar-refractivity contribution is 0.261. The molecule has 0 fully saturated rings. The molecular formula is C19H23N5O2. The fraction of sp³-hybridized carbons (Fsp3) is 0.263. The van der Waals surface area contributed by atoms with E-state index >= 15 is 0 Å². The second-order valence-corrected chi connectivity index (χ2v) is 6.00. The normalized spacial score (nSPS) is 10.7. The van der Waals surface area contributed by atoms with Crippen LogP contribution in [0.2, 0.25) is 0 Å². The molecule has 1 aromatic carbocycles. The number of rotatable bonds is 9. The van der Waals surface area contributed by atoms with E-state index < -0.39 is 0 Å². The summed E-state index contributed by atoms with van der Waals surface area (Å²) in [5, 5.41) is 6.40. The minimum Gasteiger partial charge on any atom is -0.492 e. The molecule has 2 heterocycles. The van der Waals surface area contributed by atoms with Gasteiger partial charge in [-0.05, 0) is 56.6 Å². The summed E-state index contributed by atoms with van der Waals surface area (Å²) in [6.07, 6.45) is 3.36. The largest absolute Gasteiger partial charge is 0.492 e. The molecule has 0 bridgehead atoms. The SMILES string of the molecule is CN(C)CCOc1ccc(Nc2nccc(NCc3ccco3)n2)cc1. The van der Waals surface area contributed by atoms with Gasteiger partial charge < -0.3 is 24.7 Å². The van der Waals surface area contributed by atoms with Gasteiger partial charge >= 0.3 is 0 Å². The number of hydrogen-bond donors (Lipinski definition) is 2. The second kappa shape index (κ2) is 8.87. The summed E-state index contributed by atoms with van der Waals surface area (Å²) in [6, 6.07) is 13.3. The molecule has 2 aromatic heterocycles. The smallest absolute Gasteiger partial charge is 0.229 e. The van der Waals surface area contributed by atoms with Crippen molar-refractivity contribution in [3.8, 4) is 5.75 Å². The molecule has 0 saturated carbocycles. The van der Waals surface area contributed by atoms with Gasteiger partial charge in [0.2, 0.25) is 5.95 Å². The first-order valence-corrected chi connectivity index (χ1v) is 8.43. The molecule has 7 heteroatoms. The average molecular weight is 353 g/mol. The minimum atomic E-state index is 0.524. The molecule has 0 aliphatic carbocycles.